The van der Waals surface area contributed by atoms with Crippen LogP contribution in [0.3, 0.4) is 0 Å². The second-order valence-electron chi connectivity index (χ2n) is 8.34. The van der Waals surface area contributed by atoms with Crippen molar-refractivity contribution in [3.05, 3.63) is 92.7 Å². The fraction of sp³-hybridized carbons (Fsp3) is 0.231. The van der Waals surface area contributed by atoms with Crippen LogP contribution in [0.25, 0.3) is 0 Å². The molecule has 1 aliphatic heterocycles. The molecule has 1 saturated heterocycles. The van der Waals surface area contributed by atoms with Crippen LogP contribution >= 0.6 is 11.3 Å². The van der Waals surface area contributed by atoms with Crippen LogP contribution in [0.1, 0.15) is 43.7 Å². The average Bonchev–Trinajstić information content (AvgIpc) is 3.39. The van der Waals surface area contributed by atoms with Gasteiger partial charge in [0.15, 0.2) is 11.3 Å². The van der Waals surface area contributed by atoms with Gasteiger partial charge in [0.25, 0.3) is 5.91 Å². The summed E-state index contributed by atoms with van der Waals surface area (Å²) in [4.78, 5) is 53.2. The van der Waals surface area contributed by atoms with Crippen molar-refractivity contribution in [1.82, 2.24) is 15.5 Å². The minimum Gasteiger partial charge on any atom is -0.351 e. The highest BCUT2D eigenvalue weighted by Gasteiger charge is 2.54. The van der Waals surface area contributed by atoms with Crippen molar-refractivity contribution >= 4 is 35.0 Å². The smallest absolute Gasteiger partial charge is 0.325 e. The number of carbonyl (C=O) groups excluding carboxylic acids is 4. The molecule has 0 unspecified atom stereocenters. The van der Waals surface area contributed by atoms with Gasteiger partial charge >= 0.3 is 6.03 Å². The summed E-state index contributed by atoms with van der Waals surface area (Å²) in [6.45, 7) is 5.31. The summed E-state index contributed by atoms with van der Waals surface area (Å²) in [6, 6.07) is 17.5. The lowest BCUT2D eigenvalue weighted by atomic mass is 9.81. The van der Waals surface area contributed by atoms with Crippen LogP contribution in [0.15, 0.2) is 60.7 Å². The Morgan fingerprint density at radius 2 is 1.71 bits per heavy atom. The minimum atomic E-state index is -1.41. The second-order valence-corrected chi connectivity index (χ2v) is 9.50. The number of amides is 4. The minimum absolute atomic E-state index is 0.163. The van der Waals surface area contributed by atoms with Crippen molar-refractivity contribution in [2.75, 3.05) is 6.54 Å². The maximum absolute atomic E-state index is 13.8. The summed E-state index contributed by atoms with van der Waals surface area (Å²) in [5, 5.41) is 5.57. The number of Topliss-reactive ketones (excluding diaryl/α,β-unsaturated/α-hetero) is 1. The van der Waals surface area contributed by atoms with E-state index in [0.717, 1.165) is 20.9 Å². The molecule has 0 bridgehead atoms. The normalized spacial score (nSPS) is 17.6. The van der Waals surface area contributed by atoms with Gasteiger partial charge in [0.05, 0.1) is 18.0 Å². The van der Waals surface area contributed by atoms with Crippen LogP contribution in [-0.2, 0) is 21.7 Å². The number of urea groups is 1. The molecule has 0 spiro atoms. The lowest BCUT2D eigenvalue weighted by molar-refractivity contribution is -0.130. The predicted octanol–water partition coefficient (Wildman–Crippen LogP) is 3.68. The van der Waals surface area contributed by atoms with Crippen molar-refractivity contribution in [3.63, 3.8) is 0 Å². The van der Waals surface area contributed by atoms with Crippen molar-refractivity contribution in [2.45, 2.75) is 32.9 Å². The van der Waals surface area contributed by atoms with Crippen LogP contribution in [-0.4, -0.2) is 35.1 Å². The molecule has 1 aromatic heterocycles. The first-order valence-corrected chi connectivity index (χ1v) is 11.7. The molecule has 3 aromatic rings. The van der Waals surface area contributed by atoms with Crippen molar-refractivity contribution < 1.29 is 19.2 Å². The first-order valence-electron chi connectivity index (χ1n) is 10.9. The van der Waals surface area contributed by atoms with Crippen LogP contribution in [0, 0.1) is 13.8 Å². The Morgan fingerprint density at radius 1 is 0.971 bits per heavy atom. The molecule has 8 heteroatoms. The van der Waals surface area contributed by atoms with Crippen molar-refractivity contribution in [1.29, 1.82) is 0 Å². The quantitative estimate of drug-likeness (QED) is 0.403. The number of nitrogens with zero attached hydrogens (tertiary/aromatic N) is 1. The van der Waals surface area contributed by atoms with Gasteiger partial charge in [-0.1, -0.05) is 48.5 Å². The van der Waals surface area contributed by atoms with E-state index in [-0.39, 0.29) is 18.2 Å². The molecule has 0 aliphatic carbocycles. The number of hydrogen-bond acceptors (Lipinski definition) is 5. The van der Waals surface area contributed by atoms with E-state index in [9.17, 15) is 19.2 Å². The van der Waals surface area contributed by atoms with E-state index < -0.39 is 17.5 Å². The Morgan fingerprint density at radius 3 is 2.38 bits per heavy atom. The van der Waals surface area contributed by atoms with Gasteiger partial charge in [-0.3, -0.25) is 19.3 Å². The first-order chi connectivity index (χ1) is 16.2. The van der Waals surface area contributed by atoms with Gasteiger partial charge in [0, 0.05) is 11.8 Å². The van der Waals surface area contributed by atoms with E-state index in [1.54, 1.807) is 24.3 Å². The number of benzene rings is 2. The largest absolute Gasteiger partial charge is 0.351 e. The molecule has 2 N–H and O–H groups in total. The van der Waals surface area contributed by atoms with Gasteiger partial charge in [-0.25, -0.2) is 4.79 Å². The van der Waals surface area contributed by atoms with Gasteiger partial charge in [-0.2, -0.15) is 0 Å². The summed E-state index contributed by atoms with van der Waals surface area (Å²) < 4.78 is 0. The Balaban J connectivity index is 1.65. The van der Waals surface area contributed by atoms with Crippen LogP contribution in [0.5, 0.6) is 0 Å². The lowest BCUT2D eigenvalue weighted by Gasteiger charge is -2.28. The molecule has 4 amide bonds. The summed E-state index contributed by atoms with van der Waals surface area (Å²) >= 11 is 1.23. The number of rotatable bonds is 7. The Hall–Kier alpha value is -3.78. The molecule has 1 fully saturated rings. The molecule has 7 nitrogen and oxygen atoms in total. The number of thiophene rings is 1. The van der Waals surface area contributed by atoms with Gasteiger partial charge in [0.1, 0.15) is 0 Å². The van der Waals surface area contributed by atoms with E-state index in [4.69, 9.17) is 0 Å². The SMILES string of the molecule is CC(=O)NCc1ccc(C(=O)CN2C(=O)N[C@](c3ccccc3)(c3ccc(C)c(C)c3)C2=O)s1. The lowest BCUT2D eigenvalue weighted by Crippen LogP contribution is -2.45. The number of aryl methyl sites for hydroxylation is 2. The van der Waals surface area contributed by atoms with Gasteiger partial charge in [0.2, 0.25) is 5.91 Å². The maximum Gasteiger partial charge on any atom is 0.325 e. The Kier molecular flexibility index (Phi) is 6.34. The predicted molar refractivity (Wildman–Crippen MR) is 130 cm³/mol. The zero-order valence-corrected chi connectivity index (χ0v) is 20.0. The topological polar surface area (TPSA) is 95.6 Å². The van der Waals surface area contributed by atoms with Crippen molar-refractivity contribution in [2.24, 2.45) is 0 Å². The van der Waals surface area contributed by atoms with E-state index in [1.165, 1.54) is 18.3 Å². The van der Waals surface area contributed by atoms with Gasteiger partial charge in [-0.05, 0) is 48.2 Å². The third kappa shape index (κ3) is 4.24. The van der Waals surface area contributed by atoms with Crippen LogP contribution < -0.4 is 10.6 Å². The monoisotopic (exact) mass is 475 g/mol. The summed E-state index contributed by atoms with van der Waals surface area (Å²) in [5.74, 6) is -0.994. The van der Waals surface area contributed by atoms with E-state index >= 15 is 0 Å². The summed E-state index contributed by atoms with van der Waals surface area (Å²) in [5.41, 5.74) is 1.92. The fourth-order valence-corrected chi connectivity index (χ4v) is 4.87. The zero-order chi connectivity index (χ0) is 24.5. The number of carbonyl (C=O) groups is 4. The van der Waals surface area contributed by atoms with Gasteiger partial charge < -0.3 is 10.6 Å². The number of nitrogens with one attached hydrogen (secondary N) is 2. The molecule has 1 atom stereocenters. The van der Waals surface area contributed by atoms with E-state index in [1.807, 2.05) is 50.2 Å². The molecule has 1 aliphatic rings. The molecule has 2 heterocycles. The highest BCUT2D eigenvalue weighted by atomic mass is 32.1. The molecule has 2 aromatic carbocycles. The number of hydrogen-bond donors (Lipinski definition) is 2. The van der Waals surface area contributed by atoms with Crippen LogP contribution in [0.4, 0.5) is 4.79 Å². The average molecular weight is 476 g/mol. The zero-order valence-electron chi connectivity index (χ0n) is 19.2. The molecule has 174 valence electrons. The second kappa shape index (κ2) is 9.23. The number of ketones is 1. The highest BCUT2D eigenvalue weighted by Crippen LogP contribution is 2.37. The molecule has 0 saturated carbocycles. The standard InChI is InChI=1S/C26H25N3O4S/c1-16-9-10-20(13-17(16)2)26(19-7-5-4-6-8-19)24(32)29(25(33)28-26)15-22(31)23-12-11-21(34-23)14-27-18(3)30/h4-13H,14-15H2,1-3H3,(H,27,30)(H,28,33)/t26-/m1/s1. The Bertz CT molecular complexity index is 1280. The first kappa shape index (κ1) is 23.4. The molecule has 34 heavy (non-hydrogen) atoms. The third-order valence-corrected chi connectivity index (χ3v) is 7.13. The maximum atomic E-state index is 13.8. The molecular weight excluding hydrogens is 450 g/mol. The van der Waals surface area contributed by atoms with Crippen molar-refractivity contribution in [3.8, 4) is 0 Å². The Labute approximate surface area is 201 Å². The van der Waals surface area contributed by atoms with Gasteiger partial charge in [-0.15, -0.1) is 11.3 Å². The van der Waals surface area contributed by atoms with E-state index in [2.05, 4.69) is 10.6 Å². The fourth-order valence-electron chi connectivity index (χ4n) is 4.00. The van der Waals surface area contributed by atoms with Crippen LogP contribution in [0.2, 0.25) is 0 Å². The summed E-state index contributed by atoms with van der Waals surface area (Å²) in [7, 11) is 0. The van der Waals surface area contributed by atoms with E-state index in [0.29, 0.717) is 22.5 Å². The number of imide groups is 1. The molecule has 0 radical (unpaired) electrons. The molecule has 4 rings (SSSR count). The highest BCUT2D eigenvalue weighted by molar-refractivity contribution is 7.14. The molecular formula is C26H25N3O4S. The summed E-state index contributed by atoms with van der Waals surface area (Å²) in [6.07, 6.45) is 0. The third-order valence-electron chi connectivity index (χ3n) is 6.00.